The SMILES string of the molecule is COc1ccc(CN(Cc2ccccc2)Cc2ccc(OC)cc2)cc1.CSCCN(C)Cc1ccc(F)cc1.Oc1ccc(O)c(CN(Cc2ccncc2)Cc2cc(O)ccc2O)c1. The molecule has 66 heavy (non-hydrogen) atoms. The summed E-state index contributed by atoms with van der Waals surface area (Å²) in [5.41, 5.74) is 7.17. The van der Waals surface area contributed by atoms with E-state index >= 15 is 0 Å². The van der Waals surface area contributed by atoms with Crippen molar-refractivity contribution in [3.8, 4) is 34.5 Å². The van der Waals surface area contributed by atoms with Crippen LogP contribution in [0.5, 0.6) is 34.5 Å². The summed E-state index contributed by atoms with van der Waals surface area (Å²) in [4.78, 5) is 10.7. The highest BCUT2D eigenvalue weighted by molar-refractivity contribution is 7.98. The Morgan fingerprint density at radius 1 is 0.500 bits per heavy atom. The molecule has 0 aliphatic heterocycles. The molecular weight excluding hydrogens is 852 g/mol. The van der Waals surface area contributed by atoms with Crippen LogP contribution in [0.4, 0.5) is 4.39 Å². The van der Waals surface area contributed by atoms with E-state index < -0.39 is 0 Å². The highest BCUT2D eigenvalue weighted by atomic mass is 32.2. The molecule has 7 aromatic rings. The summed E-state index contributed by atoms with van der Waals surface area (Å²) >= 11 is 1.84. The van der Waals surface area contributed by atoms with Crippen LogP contribution in [0, 0.1) is 5.82 Å². The van der Waals surface area contributed by atoms with Crippen LogP contribution < -0.4 is 9.47 Å². The van der Waals surface area contributed by atoms with Gasteiger partial charge in [-0.3, -0.25) is 14.8 Å². The standard InChI is InChI=1S/C23H25NO2.C20H20N2O4.C11H16FNS/c1-25-22-12-8-20(9-13-22)17-24(16-19-6-4-3-5-7-19)18-21-10-14-23(26-2)15-11-21;23-17-1-3-19(25)15(9-17)12-22(11-14-5-7-21-8-6-14)13-16-10-18(24)2-4-20(16)26;1-13(7-8-14-2)9-10-3-5-11(12)6-4-10/h3-15H,16-18H2,1-2H3;1-10,23-26H,11-13H2;3-6H,7-9H2,1-2H3. The van der Waals surface area contributed by atoms with Gasteiger partial charge in [0.15, 0.2) is 0 Å². The van der Waals surface area contributed by atoms with Gasteiger partial charge in [-0.1, -0.05) is 66.7 Å². The van der Waals surface area contributed by atoms with Gasteiger partial charge in [-0.15, -0.1) is 0 Å². The first-order chi connectivity index (χ1) is 32.0. The van der Waals surface area contributed by atoms with E-state index in [1.807, 2.05) is 65.2 Å². The maximum atomic E-state index is 12.6. The molecule has 1 aromatic heterocycles. The van der Waals surface area contributed by atoms with Gasteiger partial charge in [0, 0.05) is 81.6 Å². The largest absolute Gasteiger partial charge is 0.508 e. The van der Waals surface area contributed by atoms with Gasteiger partial charge in [0.05, 0.1) is 14.2 Å². The summed E-state index contributed by atoms with van der Waals surface area (Å²) in [6.07, 6.45) is 5.50. The molecule has 346 valence electrons. The molecule has 0 atom stereocenters. The van der Waals surface area contributed by atoms with Crippen LogP contribution in [-0.2, 0) is 45.8 Å². The third kappa shape index (κ3) is 17.8. The number of hydrogen-bond donors (Lipinski definition) is 4. The number of rotatable bonds is 19. The van der Waals surface area contributed by atoms with Crippen LogP contribution in [0.1, 0.15) is 38.9 Å². The summed E-state index contributed by atoms with van der Waals surface area (Å²) in [5.74, 6) is 3.06. The van der Waals surface area contributed by atoms with Crippen LogP contribution in [0.25, 0.3) is 0 Å². The maximum Gasteiger partial charge on any atom is 0.123 e. The average molecular weight is 913 g/mol. The number of ether oxygens (including phenoxy) is 2. The minimum Gasteiger partial charge on any atom is -0.508 e. The van der Waals surface area contributed by atoms with Crippen molar-refractivity contribution in [1.29, 1.82) is 0 Å². The minimum atomic E-state index is -0.166. The van der Waals surface area contributed by atoms with Crippen molar-refractivity contribution in [3.05, 3.63) is 209 Å². The maximum absolute atomic E-state index is 12.6. The second-order valence-corrected chi connectivity index (χ2v) is 16.8. The Hall–Kier alpha value is -6.57. The van der Waals surface area contributed by atoms with E-state index in [1.54, 1.807) is 26.6 Å². The number of phenolic OH excluding ortho intramolecular Hbond substituents is 4. The van der Waals surface area contributed by atoms with Crippen LogP contribution in [-0.4, -0.2) is 79.9 Å². The van der Waals surface area contributed by atoms with Gasteiger partial charge in [-0.2, -0.15) is 11.8 Å². The Bertz CT molecular complexity index is 2350. The van der Waals surface area contributed by atoms with Crippen molar-refractivity contribution in [1.82, 2.24) is 19.7 Å². The smallest absolute Gasteiger partial charge is 0.123 e. The molecule has 0 aliphatic carbocycles. The van der Waals surface area contributed by atoms with Gasteiger partial charge in [0.25, 0.3) is 0 Å². The van der Waals surface area contributed by atoms with Gasteiger partial charge >= 0.3 is 0 Å². The third-order valence-electron chi connectivity index (χ3n) is 10.5. The first-order valence-electron chi connectivity index (χ1n) is 21.6. The predicted octanol–water partition coefficient (Wildman–Crippen LogP) is 10.6. The summed E-state index contributed by atoms with van der Waals surface area (Å²) in [6.45, 7) is 5.84. The van der Waals surface area contributed by atoms with E-state index in [-0.39, 0.29) is 28.8 Å². The normalized spacial score (nSPS) is 10.8. The fourth-order valence-electron chi connectivity index (χ4n) is 7.01. The van der Waals surface area contributed by atoms with E-state index in [0.717, 1.165) is 61.1 Å². The van der Waals surface area contributed by atoms with Crippen molar-refractivity contribution in [2.45, 2.75) is 45.8 Å². The van der Waals surface area contributed by atoms with E-state index in [1.165, 1.54) is 65.2 Å². The molecule has 4 N–H and O–H groups in total. The predicted molar refractivity (Wildman–Crippen MR) is 263 cm³/mol. The number of nitrogens with zero attached hydrogens (tertiary/aromatic N) is 4. The van der Waals surface area contributed by atoms with E-state index in [0.29, 0.717) is 30.8 Å². The van der Waals surface area contributed by atoms with E-state index in [9.17, 15) is 24.8 Å². The lowest BCUT2D eigenvalue weighted by Crippen LogP contribution is -2.22. The second kappa shape index (κ2) is 27.0. The van der Waals surface area contributed by atoms with E-state index in [2.05, 4.69) is 82.7 Å². The molecule has 0 saturated carbocycles. The molecule has 0 radical (unpaired) electrons. The van der Waals surface area contributed by atoms with Crippen molar-refractivity contribution in [3.63, 3.8) is 0 Å². The Morgan fingerprint density at radius 3 is 1.36 bits per heavy atom. The molecule has 7 rings (SSSR count). The van der Waals surface area contributed by atoms with E-state index in [4.69, 9.17) is 9.47 Å². The first-order valence-corrected chi connectivity index (χ1v) is 23.0. The number of aromatic nitrogens is 1. The van der Waals surface area contributed by atoms with Crippen LogP contribution in [0.2, 0.25) is 0 Å². The van der Waals surface area contributed by atoms with Crippen molar-refractivity contribution >= 4 is 11.8 Å². The molecule has 0 aliphatic rings. The van der Waals surface area contributed by atoms with Crippen molar-refractivity contribution in [2.75, 3.05) is 39.8 Å². The number of aromatic hydroxyl groups is 4. The fourth-order valence-corrected chi connectivity index (χ4v) is 7.50. The molecule has 10 nitrogen and oxygen atoms in total. The highest BCUT2D eigenvalue weighted by Gasteiger charge is 2.15. The van der Waals surface area contributed by atoms with Crippen LogP contribution in [0.15, 0.2) is 164 Å². The van der Waals surface area contributed by atoms with Crippen LogP contribution in [0.3, 0.4) is 0 Å². The molecule has 0 fully saturated rings. The molecule has 0 spiro atoms. The Kier molecular flexibility index (Phi) is 20.7. The fraction of sp³-hybridized carbons (Fsp3) is 0.241. The summed E-state index contributed by atoms with van der Waals surface area (Å²) in [6, 6.07) is 46.4. The molecule has 0 amide bonds. The molecule has 12 heteroatoms. The topological polar surface area (TPSA) is 122 Å². The van der Waals surface area contributed by atoms with Gasteiger partial charge in [0.2, 0.25) is 0 Å². The number of methoxy groups -OCH3 is 2. The molecule has 0 saturated heterocycles. The average Bonchev–Trinajstić information content (AvgIpc) is 3.33. The zero-order valence-corrected chi connectivity index (χ0v) is 38.9. The third-order valence-corrected chi connectivity index (χ3v) is 11.1. The van der Waals surface area contributed by atoms with Crippen molar-refractivity contribution < 1.29 is 34.3 Å². The number of pyridine rings is 1. The number of benzene rings is 6. The highest BCUT2D eigenvalue weighted by Crippen LogP contribution is 2.28. The molecule has 6 aromatic carbocycles. The molecule has 0 unspecified atom stereocenters. The zero-order chi connectivity index (χ0) is 47.1. The number of thioether (sulfide) groups is 1. The molecular formula is C54H61FN4O6S. The number of phenols is 4. The Labute approximate surface area is 393 Å². The molecule has 0 bridgehead atoms. The van der Waals surface area contributed by atoms with Gasteiger partial charge in [-0.25, -0.2) is 4.39 Å². The summed E-state index contributed by atoms with van der Waals surface area (Å²) < 4.78 is 23.1. The van der Waals surface area contributed by atoms with Crippen molar-refractivity contribution in [2.24, 2.45) is 0 Å². The minimum absolute atomic E-state index is 0.0712. The number of hydrogen-bond acceptors (Lipinski definition) is 11. The second-order valence-electron chi connectivity index (χ2n) is 15.8. The number of halogens is 1. The Balaban J connectivity index is 0.000000195. The summed E-state index contributed by atoms with van der Waals surface area (Å²) in [7, 11) is 5.47. The van der Waals surface area contributed by atoms with Gasteiger partial charge in [-0.05, 0) is 126 Å². The lowest BCUT2D eigenvalue weighted by atomic mass is 10.1. The first kappa shape index (κ1) is 50.4. The van der Waals surface area contributed by atoms with Gasteiger partial charge < -0.3 is 34.8 Å². The lowest BCUT2D eigenvalue weighted by molar-refractivity contribution is 0.240. The lowest BCUT2D eigenvalue weighted by Gasteiger charge is -2.23. The monoisotopic (exact) mass is 912 g/mol. The summed E-state index contributed by atoms with van der Waals surface area (Å²) in [5, 5.41) is 39.6. The van der Waals surface area contributed by atoms with Crippen LogP contribution >= 0.6 is 11.8 Å². The van der Waals surface area contributed by atoms with Gasteiger partial charge in [0.1, 0.15) is 40.3 Å². The zero-order valence-electron chi connectivity index (χ0n) is 38.1. The Morgan fingerprint density at radius 2 is 0.909 bits per heavy atom. The molecule has 1 heterocycles. The quantitative estimate of drug-likeness (QED) is 0.0580.